The Hall–Kier alpha value is -1.99. The number of amides is 1. The van der Waals surface area contributed by atoms with Gasteiger partial charge in [-0.15, -0.1) is 0 Å². The minimum atomic E-state index is 0.180. The quantitative estimate of drug-likeness (QED) is 0.692. The lowest BCUT2D eigenvalue weighted by molar-refractivity contribution is -0.137. The fraction of sp³-hybridized carbons (Fsp3) is 0.609. The minimum absolute atomic E-state index is 0.180. The van der Waals surface area contributed by atoms with Gasteiger partial charge in [0.2, 0.25) is 5.91 Å². The number of hydrogen-bond donors (Lipinski definition) is 0. The molecule has 30 heavy (non-hydrogen) atoms. The fourth-order valence-electron chi connectivity index (χ4n) is 4.68. The normalized spacial score (nSPS) is 19.1. The first-order valence-electron chi connectivity index (χ1n) is 11.2. The molecule has 6 nitrogen and oxygen atoms in total. The van der Waals surface area contributed by atoms with Gasteiger partial charge < -0.3 is 9.47 Å². The van der Waals surface area contributed by atoms with Gasteiger partial charge in [0.25, 0.3) is 0 Å². The molecule has 0 spiro atoms. The van der Waals surface area contributed by atoms with Gasteiger partial charge in [0.15, 0.2) is 10.6 Å². The smallest absolute Gasteiger partial charge is 0.225 e. The second kappa shape index (κ2) is 9.43. The van der Waals surface area contributed by atoms with Crippen LogP contribution in [0.1, 0.15) is 44.1 Å². The zero-order valence-electron chi connectivity index (χ0n) is 18.2. The Kier molecular flexibility index (Phi) is 6.68. The summed E-state index contributed by atoms with van der Waals surface area (Å²) in [5.41, 5.74) is 2.30. The van der Waals surface area contributed by atoms with Gasteiger partial charge in [-0.25, -0.2) is 4.68 Å². The number of aromatic nitrogens is 3. The van der Waals surface area contributed by atoms with E-state index in [2.05, 4.69) is 41.0 Å². The summed E-state index contributed by atoms with van der Waals surface area (Å²) in [6.45, 7) is 6.51. The van der Waals surface area contributed by atoms with Crippen LogP contribution in [-0.2, 0) is 18.5 Å². The minimum Gasteiger partial charge on any atom is -0.342 e. The van der Waals surface area contributed by atoms with Crippen LogP contribution in [0.15, 0.2) is 24.3 Å². The van der Waals surface area contributed by atoms with Crippen LogP contribution < -0.4 is 0 Å². The highest BCUT2D eigenvalue weighted by molar-refractivity contribution is 7.71. The number of aryl methyl sites for hydroxylation is 1. The molecular weight excluding hydrogens is 394 g/mol. The number of benzene rings is 1. The van der Waals surface area contributed by atoms with Crippen LogP contribution in [0.3, 0.4) is 0 Å². The van der Waals surface area contributed by atoms with Gasteiger partial charge in [0.05, 0.1) is 6.67 Å². The molecule has 0 N–H and O–H groups in total. The van der Waals surface area contributed by atoms with E-state index in [1.165, 1.54) is 18.4 Å². The average Bonchev–Trinajstić information content (AvgIpc) is 2.94. The Morgan fingerprint density at radius 1 is 1.10 bits per heavy atom. The molecule has 0 aliphatic carbocycles. The number of nitrogens with zero attached hydrogens (tertiary/aromatic N) is 5. The first-order valence-corrected chi connectivity index (χ1v) is 11.7. The van der Waals surface area contributed by atoms with Crippen molar-refractivity contribution in [1.82, 2.24) is 24.1 Å². The van der Waals surface area contributed by atoms with Crippen LogP contribution in [0.4, 0.5) is 0 Å². The largest absolute Gasteiger partial charge is 0.342 e. The van der Waals surface area contributed by atoms with Gasteiger partial charge in [0.1, 0.15) is 0 Å². The molecule has 2 aliphatic heterocycles. The van der Waals surface area contributed by atoms with Crippen LogP contribution in [0.2, 0.25) is 0 Å². The van der Waals surface area contributed by atoms with Crippen molar-refractivity contribution in [3.63, 3.8) is 0 Å². The molecule has 0 bridgehead atoms. The van der Waals surface area contributed by atoms with Crippen molar-refractivity contribution in [2.75, 3.05) is 26.2 Å². The van der Waals surface area contributed by atoms with Crippen molar-refractivity contribution in [3.8, 4) is 11.4 Å². The van der Waals surface area contributed by atoms with Crippen molar-refractivity contribution in [2.24, 2.45) is 13.0 Å². The monoisotopic (exact) mass is 427 g/mol. The molecule has 1 aromatic carbocycles. The van der Waals surface area contributed by atoms with Gasteiger partial charge in [-0.1, -0.05) is 36.6 Å². The van der Waals surface area contributed by atoms with Gasteiger partial charge in [-0.2, -0.15) is 5.10 Å². The predicted molar refractivity (Wildman–Crippen MR) is 122 cm³/mol. The number of carbonyl (C=O) groups excluding carboxylic acids is 1. The Labute approximate surface area is 184 Å². The van der Waals surface area contributed by atoms with E-state index in [0.29, 0.717) is 12.6 Å². The molecule has 0 saturated carbocycles. The Morgan fingerprint density at radius 2 is 1.80 bits per heavy atom. The van der Waals surface area contributed by atoms with Gasteiger partial charge >= 0.3 is 0 Å². The van der Waals surface area contributed by atoms with E-state index in [-0.39, 0.29) is 5.92 Å². The third kappa shape index (κ3) is 4.67. The third-order valence-corrected chi connectivity index (χ3v) is 6.99. The van der Waals surface area contributed by atoms with Crippen molar-refractivity contribution >= 4 is 18.1 Å². The summed E-state index contributed by atoms with van der Waals surface area (Å²) < 4.78 is 4.64. The van der Waals surface area contributed by atoms with Crippen molar-refractivity contribution in [3.05, 3.63) is 34.6 Å². The maximum atomic E-state index is 12.9. The van der Waals surface area contributed by atoms with Gasteiger partial charge in [-0.05, 0) is 50.9 Å². The summed E-state index contributed by atoms with van der Waals surface area (Å²) in [5.74, 6) is 1.46. The zero-order valence-corrected chi connectivity index (χ0v) is 19.0. The van der Waals surface area contributed by atoms with E-state index >= 15 is 0 Å². The Bertz CT molecular complexity index is 933. The lowest BCUT2D eigenvalue weighted by Gasteiger charge is -2.33. The van der Waals surface area contributed by atoms with Crippen LogP contribution in [0.5, 0.6) is 0 Å². The average molecular weight is 428 g/mol. The lowest BCUT2D eigenvalue weighted by atomic mass is 9.95. The van der Waals surface area contributed by atoms with E-state index in [9.17, 15) is 4.79 Å². The molecule has 162 valence electrons. The van der Waals surface area contributed by atoms with E-state index < -0.39 is 0 Å². The molecule has 1 amide bonds. The van der Waals surface area contributed by atoms with E-state index in [0.717, 1.165) is 68.0 Å². The van der Waals surface area contributed by atoms with E-state index in [1.807, 2.05) is 16.3 Å². The summed E-state index contributed by atoms with van der Waals surface area (Å²) in [7, 11) is 1.98. The number of piperidine rings is 1. The summed E-state index contributed by atoms with van der Waals surface area (Å²) in [5, 5.41) is 4.81. The van der Waals surface area contributed by atoms with Crippen LogP contribution in [-0.4, -0.2) is 56.2 Å². The van der Waals surface area contributed by atoms with Crippen molar-refractivity contribution < 1.29 is 4.79 Å². The fourth-order valence-corrected chi connectivity index (χ4v) is 4.86. The molecule has 0 unspecified atom stereocenters. The molecule has 0 radical (unpaired) electrons. The van der Waals surface area contributed by atoms with Gasteiger partial charge in [-0.3, -0.25) is 9.69 Å². The first-order chi connectivity index (χ1) is 14.5. The molecular formula is C23H33N5OS. The number of hydrogen-bond acceptors (Lipinski definition) is 4. The van der Waals surface area contributed by atoms with Crippen molar-refractivity contribution in [1.29, 1.82) is 0 Å². The molecule has 2 fully saturated rings. The summed E-state index contributed by atoms with van der Waals surface area (Å²) in [6, 6.07) is 8.36. The second-order valence-corrected chi connectivity index (χ2v) is 9.17. The molecule has 4 rings (SSSR count). The summed E-state index contributed by atoms with van der Waals surface area (Å²) in [4.78, 5) is 17.4. The molecule has 7 heteroatoms. The van der Waals surface area contributed by atoms with Crippen LogP contribution in [0, 0.1) is 17.6 Å². The molecule has 3 heterocycles. The first kappa shape index (κ1) is 21.2. The topological polar surface area (TPSA) is 46.3 Å². The summed E-state index contributed by atoms with van der Waals surface area (Å²) in [6.07, 6.45) is 6.70. The molecule has 2 saturated heterocycles. The molecule has 0 atom stereocenters. The molecule has 2 aromatic rings. The molecule has 1 aromatic heterocycles. The van der Waals surface area contributed by atoms with E-state index in [4.69, 9.17) is 17.3 Å². The second-order valence-electron chi connectivity index (χ2n) is 8.81. The van der Waals surface area contributed by atoms with Gasteiger partial charge in [0, 0.05) is 44.7 Å². The van der Waals surface area contributed by atoms with Crippen molar-refractivity contribution in [2.45, 2.75) is 52.1 Å². The SMILES string of the molecule is Cc1cccc(-c2nn(CN3CCC(C(=O)N4CCCCCC4)CC3)c(=S)n2C)c1. The zero-order chi connectivity index (χ0) is 21.1. The Morgan fingerprint density at radius 3 is 2.47 bits per heavy atom. The maximum absolute atomic E-state index is 12.9. The predicted octanol–water partition coefficient (Wildman–Crippen LogP) is 4.00. The van der Waals surface area contributed by atoms with Crippen LogP contribution in [0.25, 0.3) is 11.4 Å². The maximum Gasteiger partial charge on any atom is 0.225 e. The third-order valence-electron chi connectivity index (χ3n) is 6.51. The lowest BCUT2D eigenvalue weighted by Crippen LogP contribution is -2.43. The summed E-state index contributed by atoms with van der Waals surface area (Å²) >= 11 is 5.65. The Balaban J connectivity index is 1.38. The highest BCUT2D eigenvalue weighted by Gasteiger charge is 2.29. The number of likely N-dealkylation sites (tertiary alicyclic amines) is 2. The number of carbonyl (C=O) groups is 1. The highest BCUT2D eigenvalue weighted by atomic mass is 32.1. The van der Waals surface area contributed by atoms with E-state index in [1.54, 1.807) is 0 Å². The number of rotatable bonds is 4. The molecule has 2 aliphatic rings. The standard InChI is InChI=1S/C23H33N5OS/c1-18-8-7-9-20(16-18)21-24-28(23(30)25(21)2)17-26-14-10-19(11-15-26)22(29)27-12-5-3-4-6-13-27/h7-9,16,19H,3-6,10-15,17H2,1-2H3. The highest BCUT2D eigenvalue weighted by Crippen LogP contribution is 2.23. The van der Waals surface area contributed by atoms with Crippen LogP contribution >= 0.6 is 12.2 Å².